The lowest BCUT2D eigenvalue weighted by Gasteiger charge is -2.30. The fourth-order valence-corrected chi connectivity index (χ4v) is 2.87. The second kappa shape index (κ2) is 8.04. The number of ether oxygens (including phenoxy) is 5. The molecule has 0 radical (unpaired) electrons. The number of nitrogens with zero attached hydrogens (tertiary/aromatic N) is 1. The van der Waals surface area contributed by atoms with Crippen LogP contribution in [-0.2, 0) is 19.0 Å². The molecule has 0 saturated carbocycles. The number of esters is 1. The molecule has 0 spiro atoms. The molecule has 2 rings (SSSR count). The summed E-state index contributed by atoms with van der Waals surface area (Å²) >= 11 is 0. The van der Waals surface area contributed by atoms with Crippen molar-refractivity contribution in [3.63, 3.8) is 0 Å². The lowest BCUT2D eigenvalue weighted by molar-refractivity contribution is -0.154. The molecule has 1 heterocycles. The quantitative estimate of drug-likeness (QED) is 0.742. The van der Waals surface area contributed by atoms with E-state index in [1.807, 2.05) is 0 Å². The van der Waals surface area contributed by atoms with Crippen LogP contribution in [0.5, 0.6) is 11.5 Å². The predicted molar refractivity (Wildman–Crippen MR) is 96.7 cm³/mol. The zero-order chi connectivity index (χ0) is 20.4. The SMILES string of the molecule is COC(=O)[C@@H]1OC(c2ccc(OC)cc2OC)N(C(=O)OC(C)(C)C)[C@H]1C. The monoisotopic (exact) mass is 381 g/mol. The summed E-state index contributed by atoms with van der Waals surface area (Å²) in [5, 5.41) is 0. The molecule has 1 saturated heterocycles. The van der Waals surface area contributed by atoms with E-state index in [4.69, 9.17) is 23.7 Å². The van der Waals surface area contributed by atoms with Crippen LogP contribution in [0.15, 0.2) is 18.2 Å². The highest BCUT2D eigenvalue weighted by Gasteiger charge is 2.49. The average Bonchev–Trinajstić information content (AvgIpc) is 2.96. The number of amides is 1. The Labute approximate surface area is 159 Å². The molecule has 1 amide bonds. The Kier molecular flexibility index (Phi) is 6.20. The fourth-order valence-electron chi connectivity index (χ4n) is 2.87. The van der Waals surface area contributed by atoms with Gasteiger partial charge in [-0.1, -0.05) is 0 Å². The van der Waals surface area contributed by atoms with Crippen LogP contribution in [0.2, 0.25) is 0 Å². The molecule has 3 atom stereocenters. The van der Waals surface area contributed by atoms with E-state index in [0.29, 0.717) is 17.1 Å². The Morgan fingerprint density at radius 1 is 1.11 bits per heavy atom. The van der Waals surface area contributed by atoms with Crippen molar-refractivity contribution in [2.24, 2.45) is 0 Å². The number of hydrogen-bond donors (Lipinski definition) is 0. The van der Waals surface area contributed by atoms with E-state index >= 15 is 0 Å². The molecule has 0 aliphatic carbocycles. The van der Waals surface area contributed by atoms with E-state index in [0.717, 1.165) is 0 Å². The van der Waals surface area contributed by atoms with E-state index in [9.17, 15) is 9.59 Å². The van der Waals surface area contributed by atoms with Crippen LogP contribution >= 0.6 is 0 Å². The van der Waals surface area contributed by atoms with Crippen LogP contribution in [0, 0.1) is 0 Å². The molecule has 1 aliphatic rings. The lowest BCUT2D eigenvalue weighted by atomic mass is 10.1. The van der Waals surface area contributed by atoms with Gasteiger partial charge in [0.05, 0.1) is 27.4 Å². The Morgan fingerprint density at radius 3 is 2.30 bits per heavy atom. The van der Waals surface area contributed by atoms with Gasteiger partial charge in [0.1, 0.15) is 17.1 Å². The third kappa shape index (κ3) is 4.44. The molecule has 1 fully saturated rings. The summed E-state index contributed by atoms with van der Waals surface area (Å²) in [5.74, 6) is 0.492. The van der Waals surface area contributed by atoms with Crippen LogP contribution in [0.4, 0.5) is 4.79 Å². The molecule has 1 unspecified atom stereocenters. The van der Waals surface area contributed by atoms with Gasteiger partial charge in [0.25, 0.3) is 0 Å². The average molecular weight is 381 g/mol. The van der Waals surface area contributed by atoms with Gasteiger partial charge >= 0.3 is 12.1 Å². The standard InChI is InChI=1S/C19H27NO7/c1-11-15(17(21)25-7)26-16(20(11)18(22)27-19(2,3)4)13-9-8-12(23-5)10-14(13)24-6/h8-11,15-16H,1-7H3/t11-,15+,16?/m0/s1. The van der Waals surface area contributed by atoms with Crippen molar-refractivity contribution < 1.29 is 33.3 Å². The van der Waals surface area contributed by atoms with Crippen molar-refractivity contribution >= 4 is 12.1 Å². The van der Waals surface area contributed by atoms with Gasteiger partial charge in [-0.05, 0) is 39.8 Å². The van der Waals surface area contributed by atoms with Gasteiger partial charge < -0.3 is 23.7 Å². The third-order valence-corrected chi connectivity index (χ3v) is 4.15. The molecular weight excluding hydrogens is 354 g/mol. The minimum absolute atomic E-state index is 0.464. The smallest absolute Gasteiger partial charge is 0.412 e. The number of carbonyl (C=O) groups excluding carboxylic acids is 2. The maximum atomic E-state index is 12.8. The maximum absolute atomic E-state index is 12.8. The first-order valence-electron chi connectivity index (χ1n) is 8.59. The van der Waals surface area contributed by atoms with Crippen LogP contribution in [-0.4, -0.2) is 56.0 Å². The Morgan fingerprint density at radius 2 is 1.78 bits per heavy atom. The molecule has 0 bridgehead atoms. The lowest BCUT2D eigenvalue weighted by Crippen LogP contribution is -2.43. The normalized spacial score (nSPS) is 22.3. The maximum Gasteiger partial charge on any atom is 0.412 e. The second-order valence-electron chi connectivity index (χ2n) is 7.17. The number of methoxy groups -OCH3 is 3. The van der Waals surface area contributed by atoms with Gasteiger partial charge in [-0.2, -0.15) is 0 Å². The van der Waals surface area contributed by atoms with Crippen molar-refractivity contribution in [2.75, 3.05) is 21.3 Å². The summed E-state index contributed by atoms with van der Waals surface area (Å²) in [6, 6.07) is 4.54. The molecule has 150 valence electrons. The predicted octanol–water partition coefficient (Wildman–Crippen LogP) is 2.90. The summed E-state index contributed by atoms with van der Waals surface area (Å²) < 4.78 is 26.9. The zero-order valence-corrected chi connectivity index (χ0v) is 16.8. The first-order valence-corrected chi connectivity index (χ1v) is 8.59. The van der Waals surface area contributed by atoms with E-state index in [-0.39, 0.29) is 0 Å². The second-order valence-corrected chi connectivity index (χ2v) is 7.17. The van der Waals surface area contributed by atoms with Crippen molar-refractivity contribution in [2.45, 2.75) is 51.7 Å². The van der Waals surface area contributed by atoms with Crippen LogP contribution < -0.4 is 9.47 Å². The van der Waals surface area contributed by atoms with E-state index in [2.05, 4.69) is 0 Å². The minimum Gasteiger partial charge on any atom is -0.497 e. The van der Waals surface area contributed by atoms with Crippen LogP contribution in [0.1, 0.15) is 39.5 Å². The number of rotatable bonds is 4. The minimum atomic E-state index is -0.945. The van der Waals surface area contributed by atoms with Gasteiger partial charge in [0.15, 0.2) is 12.3 Å². The Bertz CT molecular complexity index is 698. The summed E-state index contributed by atoms with van der Waals surface area (Å²) in [7, 11) is 4.33. The number of hydrogen-bond acceptors (Lipinski definition) is 7. The van der Waals surface area contributed by atoms with Gasteiger partial charge in [-0.25, -0.2) is 9.59 Å². The van der Waals surface area contributed by atoms with Gasteiger partial charge in [-0.3, -0.25) is 4.90 Å². The molecule has 0 aromatic heterocycles. The zero-order valence-electron chi connectivity index (χ0n) is 16.8. The molecule has 27 heavy (non-hydrogen) atoms. The van der Waals surface area contributed by atoms with Gasteiger partial charge in [-0.15, -0.1) is 0 Å². The summed E-state index contributed by atoms with van der Waals surface area (Å²) in [4.78, 5) is 26.4. The van der Waals surface area contributed by atoms with Gasteiger partial charge in [0, 0.05) is 11.6 Å². The summed E-state index contributed by atoms with van der Waals surface area (Å²) in [6.07, 6.45) is -2.41. The molecular formula is C19H27NO7. The van der Waals surface area contributed by atoms with E-state index in [1.54, 1.807) is 53.0 Å². The molecule has 0 N–H and O–H groups in total. The van der Waals surface area contributed by atoms with E-state index in [1.165, 1.54) is 19.1 Å². The molecule has 8 heteroatoms. The van der Waals surface area contributed by atoms with Crippen LogP contribution in [0.25, 0.3) is 0 Å². The van der Waals surface area contributed by atoms with Crippen molar-refractivity contribution in [3.8, 4) is 11.5 Å². The number of benzene rings is 1. The van der Waals surface area contributed by atoms with Crippen molar-refractivity contribution in [1.29, 1.82) is 0 Å². The first kappa shape index (κ1) is 20.8. The van der Waals surface area contributed by atoms with E-state index < -0.39 is 36.0 Å². The van der Waals surface area contributed by atoms with Crippen molar-refractivity contribution in [3.05, 3.63) is 23.8 Å². The Balaban J connectivity index is 2.47. The summed E-state index contributed by atoms with van der Waals surface area (Å²) in [5.41, 5.74) is -0.128. The summed E-state index contributed by atoms with van der Waals surface area (Å²) in [6.45, 7) is 7.02. The highest BCUT2D eigenvalue weighted by atomic mass is 16.6. The fraction of sp³-hybridized carbons (Fsp3) is 0.579. The highest BCUT2D eigenvalue weighted by Crippen LogP contribution is 2.41. The largest absolute Gasteiger partial charge is 0.497 e. The van der Waals surface area contributed by atoms with Crippen molar-refractivity contribution in [1.82, 2.24) is 4.90 Å². The van der Waals surface area contributed by atoms with Crippen LogP contribution in [0.3, 0.4) is 0 Å². The third-order valence-electron chi connectivity index (χ3n) is 4.15. The molecule has 1 aromatic rings. The van der Waals surface area contributed by atoms with Gasteiger partial charge in [0.2, 0.25) is 0 Å². The number of carbonyl (C=O) groups is 2. The molecule has 8 nitrogen and oxygen atoms in total. The first-order chi connectivity index (χ1) is 12.6. The molecule has 1 aromatic carbocycles. The highest BCUT2D eigenvalue weighted by molar-refractivity contribution is 5.78. The Hall–Kier alpha value is -2.48. The topological polar surface area (TPSA) is 83.5 Å². The molecule has 1 aliphatic heterocycles.